The van der Waals surface area contributed by atoms with E-state index in [1.54, 1.807) is 7.11 Å². The van der Waals surface area contributed by atoms with Crippen molar-refractivity contribution in [3.05, 3.63) is 30.0 Å². The monoisotopic (exact) mass is 285 g/mol. The Morgan fingerprint density at radius 2 is 2.29 bits per heavy atom. The van der Waals surface area contributed by atoms with E-state index >= 15 is 0 Å². The third kappa shape index (κ3) is 2.77. The maximum absolute atomic E-state index is 11.8. The number of H-pyrrole nitrogens is 1. The minimum Gasteiger partial charge on any atom is -0.497 e. The molecule has 2 aromatic rings. The van der Waals surface area contributed by atoms with Gasteiger partial charge in [-0.25, -0.2) is 0 Å². The van der Waals surface area contributed by atoms with Crippen molar-refractivity contribution in [3.63, 3.8) is 0 Å². The quantitative estimate of drug-likeness (QED) is 0.885. The van der Waals surface area contributed by atoms with E-state index in [2.05, 4.69) is 15.5 Å². The van der Waals surface area contributed by atoms with Crippen molar-refractivity contribution in [2.24, 2.45) is 0 Å². The molecular weight excluding hydrogens is 266 g/mol. The van der Waals surface area contributed by atoms with Gasteiger partial charge in [-0.3, -0.25) is 9.89 Å². The van der Waals surface area contributed by atoms with Crippen LogP contribution >= 0.6 is 0 Å². The number of anilines is 1. The number of carbonyl (C=O) groups excluding carboxylic acids is 1. The molecule has 1 fully saturated rings. The van der Waals surface area contributed by atoms with Gasteiger partial charge in [0.25, 0.3) is 0 Å². The van der Waals surface area contributed by atoms with Gasteiger partial charge in [-0.1, -0.05) is 19.1 Å². The second kappa shape index (κ2) is 5.60. The molecule has 5 heteroatoms. The number of methoxy groups -OCH3 is 1. The van der Waals surface area contributed by atoms with Crippen molar-refractivity contribution in [1.82, 2.24) is 10.2 Å². The van der Waals surface area contributed by atoms with Crippen LogP contribution in [-0.2, 0) is 4.79 Å². The molecule has 3 rings (SSSR count). The van der Waals surface area contributed by atoms with E-state index in [1.807, 2.05) is 31.2 Å². The molecule has 1 amide bonds. The highest BCUT2D eigenvalue weighted by Crippen LogP contribution is 2.45. The van der Waals surface area contributed by atoms with Gasteiger partial charge < -0.3 is 10.1 Å². The molecule has 0 saturated heterocycles. The molecule has 1 saturated carbocycles. The van der Waals surface area contributed by atoms with Crippen LogP contribution in [0.25, 0.3) is 11.3 Å². The molecule has 0 spiro atoms. The van der Waals surface area contributed by atoms with E-state index in [1.165, 1.54) is 0 Å². The van der Waals surface area contributed by atoms with Gasteiger partial charge >= 0.3 is 0 Å². The van der Waals surface area contributed by atoms with Crippen LogP contribution in [0.5, 0.6) is 5.75 Å². The number of nitrogens with one attached hydrogen (secondary N) is 2. The van der Waals surface area contributed by atoms with Crippen LogP contribution in [0.2, 0.25) is 0 Å². The average Bonchev–Trinajstić information content (AvgIpc) is 3.28. The summed E-state index contributed by atoms with van der Waals surface area (Å²) in [6, 6.07) is 7.71. The summed E-state index contributed by atoms with van der Waals surface area (Å²) in [5.41, 5.74) is 3.56. The van der Waals surface area contributed by atoms with Crippen molar-refractivity contribution in [1.29, 1.82) is 0 Å². The van der Waals surface area contributed by atoms with Crippen LogP contribution in [0.3, 0.4) is 0 Å². The highest BCUT2D eigenvalue weighted by molar-refractivity contribution is 5.95. The van der Waals surface area contributed by atoms with Gasteiger partial charge in [0.1, 0.15) is 11.4 Å². The summed E-state index contributed by atoms with van der Waals surface area (Å²) < 4.78 is 5.26. The first-order valence-corrected chi connectivity index (χ1v) is 7.25. The first-order valence-electron chi connectivity index (χ1n) is 7.25. The number of benzene rings is 1. The van der Waals surface area contributed by atoms with Gasteiger partial charge in [-0.05, 0) is 25.0 Å². The molecule has 1 aliphatic rings. The molecular formula is C16H19N3O2. The fourth-order valence-electron chi connectivity index (χ4n) is 2.36. The zero-order valence-electron chi connectivity index (χ0n) is 12.3. The van der Waals surface area contributed by atoms with Crippen LogP contribution in [0, 0.1) is 0 Å². The maximum atomic E-state index is 11.8. The molecule has 0 radical (unpaired) electrons. The van der Waals surface area contributed by atoms with E-state index in [4.69, 9.17) is 4.74 Å². The molecule has 1 aromatic heterocycles. The Bertz CT molecular complexity index is 659. The topological polar surface area (TPSA) is 67.0 Å². The van der Waals surface area contributed by atoms with Crippen molar-refractivity contribution in [3.8, 4) is 17.0 Å². The van der Waals surface area contributed by atoms with Crippen LogP contribution in [-0.4, -0.2) is 23.2 Å². The standard InChI is InChI=1S/C16H19N3O2/c1-3-13(20)17-16-14(10-7-8-10)18-19-15(16)11-5-4-6-12(9-11)21-2/h4-6,9-10H,3,7-8H2,1-2H3,(H,17,20)(H,18,19). The number of hydrogen-bond acceptors (Lipinski definition) is 3. The Morgan fingerprint density at radius 1 is 1.48 bits per heavy atom. The first kappa shape index (κ1) is 13.7. The first-order chi connectivity index (χ1) is 10.2. The Balaban J connectivity index is 2.02. The summed E-state index contributed by atoms with van der Waals surface area (Å²) >= 11 is 0. The highest BCUT2D eigenvalue weighted by atomic mass is 16.5. The van der Waals surface area contributed by atoms with Crippen LogP contribution in [0.1, 0.15) is 37.8 Å². The predicted octanol–water partition coefficient (Wildman–Crippen LogP) is 3.31. The van der Waals surface area contributed by atoms with Crippen LogP contribution in [0.15, 0.2) is 24.3 Å². The van der Waals surface area contributed by atoms with E-state index in [9.17, 15) is 4.79 Å². The van der Waals surface area contributed by atoms with Gasteiger partial charge in [-0.2, -0.15) is 5.10 Å². The number of carbonyl (C=O) groups is 1. The number of rotatable bonds is 5. The number of hydrogen-bond donors (Lipinski definition) is 2. The molecule has 0 aliphatic heterocycles. The summed E-state index contributed by atoms with van der Waals surface area (Å²) in [5, 5.41) is 10.5. The van der Waals surface area contributed by atoms with E-state index in [-0.39, 0.29) is 5.91 Å². The Kier molecular flexibility index (Phi) is 3.64. The maximum Gasteiger partial charge on any atom is 0.224 e. The molecule has 21 heavy (non-hydrogen) atoms. The fourth-order valence-corrected chi connectivity index (χ4v) is 2.36. The lowest BCUT2D eigenvalue weighted by molar-refractivity contribution is -0.115. The number of nitrogens with zero attached hydrogens (tertiary/aromatic N) is 1. The molecule has 110 valence electrons. The van der Waals surface area contributed by atoms with Gasteiger partial charge in [0.05, 0.1) is 18.5 Å². The van der Waals surface area contributed by atoms with Crippen molar-refractivity contribution in [2.75, 3.05) is 12.4 Å². The van der Waals surface area contributed by atoms with Crippen LogP contribution in [0.4, 0.5) is 5.69 Å². The molecule has 1 heterocycles. The Hall–Kier alpha value is -2.30. The highest BCUT2D eigenvalue weighted by Gasteiger charge is 2.30. The Labute approximate surface area is 123 Å². The lowest BCUT2D eigenvalue weighted by Crippen LogP contribution is -2.11. The number of amides is 1. The van der Waals surface area contributed by atoms with Crippen molar-refractivity contribution in [2.45, 2.75) is 32.1 Å². The predicted molar refractivity (Wildman–Crippen MR) is 81.5 cm³/mol. The molecule has 1 aromatic carbocycles. The lowest BCUT2D eigenvalue weighted by atomic mass is 10.1. The number of ether oxygens (including phenoxy) is 1. The molecule has 0 bridgehead atoms. The van der Waals surface area contributed by atoms with Gasteiger partial charge in [0.15, 0.2) is 0 Å². The number of aromatic nitrogens is 2. The van der Waals surface area contributed by atoms with E-state index < -0.39 is 0 Å². The SMILES string of the molecule is CCC(=O)Nc1c(-c2cccc(OC)c2)n[nH]c1C1CC1. The largest absolute Gasteiger partial charge is 0.497 e. The van der Waals surface area contributed by atoms with Crippen LogP contribution < -0.4 is 10.1 Å². The summed E-state index contributed by atoms with van der Waals surface area (Å²) in [6.45, 7) is 1.84. The summed E-state index contributed by atoms with van der Waals surface area (Å²) in [7, 11) is 1.64. The molecule has 5 nitrogen and oxygen atoms in total. The van der Waals surface area contributed by atoms with Gasteiger partial charge in [0, 0.05) is 17.9 Å². The third-order valence-electron chi connectivity index (χ3n) is 3.71. The molecule has 0 atom stereocenters. The van der Waals surface area contributed by atoms with E-state index in [0.717, 1.165) is 41.2 Å². The summed E-state index contributed by atoms with van der Waals surface area (Å²) in [6.07, 6.45) is 2.75. The Morgan fingerprint density at radius 3 is 2.95 bits per heavy atom. The summed E-state index contributed by atoms with van der Waals surface area (Å²) in [4.78, 5) is 11.8. The minimum atomic E-state index is 0.00226. The molecule has 1 aliphatic carbocycles. The normalized spacial score (nSPS) is 14.0. The smallest absolute Gasteiger partial charge is 0.224 e. The zero-order valence-corrected chi connectivity index (χ0v) is 12.3. The van der Waals surface area contributed by atoms with Gasteiger partial charge in [0.2, 0.25) is 5.91 Å². The van der Waals surface area contributed by atoms with E-state index in [0.29, 0.717) is 12.3 Å². The number of aromatic amines is 1. The lowest BCUT2D eigenvalue weighted by Gasteiger charge is -2.08. The minimum absolute atomic E-state index is 0.00226. The zero-order chi connectivity index (χ0) is 14.8. The van der Waals surface area contributed by atoms with Crippen molar-refractivity contribution >= 4 is 11.6 Å². The molecule has 2 N–H and O–H groups in total. The molecule has 0 unspecified atom stereocenters. The third-order valence-corrected chi connectivity index (χ3v) is 3.71. The van der Waals surface area contributed by atoms with Crippen molar-refractivity contribution < 1.29 is 9.53 Å². The summed E-state index contributed by atoms with van der Waals surface area (Å²) in [5.74, 6) is 1.27. The fraction of sp³-hybridized carbons (Fsp3) is 0.375. The van der Waals surface area contributed by atoms with Gasteiger partial charge in [-0.15, -0.1) is 0 Å². The second-order valence-corrected chi connectivity index (χ2v) is 5.27. The second-order valence-electron chi connectivity index (χ2n) is 5.27. The average molecular weight is 285 g/mol.